The maximum absolute atomic E-state index is 13.3. The van der Waals surface area contributed by atoms with Gasteiger partial charge in [-0.15, -0.1) is 0 Å². The van der Waals surface area contributed by atoms with Crippen molar-refractivity contribution in [1.29, 1.82) is 0 Å². The lowest BCUT2D eigenvalue weighted by molar-refractivity contribution is 0.0642. The summed E-state index contributed by atoms with van der Waals surface area (Å²) in [5, 5.41) is 0. The molecule has 2 fully saturated rings. The van der Waals surface area contributed by atoms with Crippen LogP contribution >= 0.6 is 0 Å². The minimum Gasteiger partial charge on any atom is -0.492 e. The summed E-state index contributed by atoms with van der Waals surface area (Å²) < 4.78 is 5.95. The van der Waals surface area contributed by atoms with Crippen LogP contribution in [0.15, 0.2) is 60.9 Å². The Morgan fingerprint density at radius 3 is 2.83 bits per heavy atom. The second-order valence-electron chi connectivity index (χ2n) is 7.56. The molecule has 3 aromatic rings. The van der Waals surface area contributed by atoms with E-state index >= 15 is 0 Å². The fourth-order valence-corrected chi connectivity index (χ4v) is 4.28. The molecule has 1 aromatic heterocycles. The minimum absolute atomic E-state index is 0.0178. The molecule has 2 aliphatic heterocycles. The van der Waals surface area contributed by atoms with Crippen LogP contribution in [0.1, 0.15) is 16.8 Å². The van der Waals surface area contributed by atoms with E-state index in [1.165, 1.54) is 0 Å². The third-order valence-electron chi connectivity index (χ3n) is 5.82. The Morgan fingerprint density at radius 2 is 1.93 bits per heavy atom. The van der Waals surface area contributed by atoms with E-state index in [0.29, 0.717) is 30.3 Å². The fraction of sp³-hybridized carbons (Fsp3) is 0.318. The van der Waals surface area contributed by atoms with Crippen molar-refractivity contribution < 1.29 is 9.53 Å². The zero-order valence-corrected chi connectivity index (χ0v) is 16.0. The summed E-state index contributed by atoms with van der Waals surface area (Å²) in [6.07, 6.45) is 4.18. The van der Waals surface area contributed by atoms with E-state index < -0.39 is 0 Å². The lowest BCUT2D eigenvalue weighted by atomic mass is 9.88. The van der Waals surface area contributed by atoms with E-state index in [1.54, 1.807) is 12.4 Å². The molecule has 2 saturated heterocycles. The molecule has 29 heavy (non-hydrogen) atoms. The summed E-state index contributed by atoms with van der Waals surface area (Å²) in [6.45, 7) is 1.96. The number of hydrazine groups is 1. The first-order valence-corrected chi connectivity index (χ1v) is 9.97. The first kappa shape index (κ1) is 18.0. The number of fused-ring (bicyclic) bond motifs is 2. The van der Waals surface area contributed by atoms with Crippen molar-refractivity contribution >= 4 is 16.9 Å². The van der Waals surface area contributed by atoms with Gasteiger partial charge in [-0.1, -0.05) is 24.3 Å². The van der Waals surface area contributed by atoms with Gasteiger partial charge in [0.25, 0.3) is 5.91 Å². The van der Waals surface area contributed by atoms with Crippen molar-refractivity contribution in [3.8, 4) is 5.75 Å². The highest BCUT2D eigenvalue weighted by atomic mass is 16.5. The summed E-state index contributed by atoms with van der Waals surface area (Å²) in [7, 11) is 0. The molecule has 7 heteroatoms. The molecule has 148 valence electrons. The Kier molecular flexibility index (Phi) is 4.83. The topological polar surface area (TPSA) is 79.4 Å². The molecule has 2 N–H and O–H groups in total. The smallest absolute Gasteiger partial charge is 0.256 e. The number of benzene rings is 2. The molecule has 5 rings (SSSR count). The average Bonchev–Trinajstić information content (AvgIpc) is 3.20. The number of rotatable bonds is 4. The maximum Gasteiger partial charge on any atom is 0.256 e. The highest BCUT2D eigenvalue weighted by molar-refractivity contribution is 6.04. The van der Waals surface area contributed by atoms with Crippen LogP contribution in [0.4, 0.5) is 0 Å². The van der Waals surface area contributed by atoms with Gasteiger partial charge in [0, 0.05) is 37.4 Å². The number of nitrogens with zero attached hydrogens (tertiary/aromatic N) is 3. The van der Waals surface area contributed by atoms with Gasteiger partial charge < -0.3 is 9.64 Å². The van der Waals surface area contributed by atoms with Crippen molar-refractivity contribution in [1.82, 2.24) is 25.7 Å². The van der Waals surface area contributed by atoms with Gasteiger partial charge in [0.15, 0.2) is 0 Å². The average molecular weight is 389 g/mol. The summed E-state index contributed by atoms with van der Waals surface area (Å²) in [6, 6.07) is 15.9. The summed E-state index contributed by atoms with van der Waals surface area (Å²) >= 11 is 0. The van der Waals surface area contributed by atoms with E-state index in [4.69, 9.17) is 4.74 Å². The van der Waals surface area contributed by atoms with Gasteiger partial charge in [-0.05, 0) is 30.7 Å². The van der Waals surface area contributed by atoms with E-state index in [2.05, 4.69) is 20.8 Å². The summed E-state index contributed by atoms with van der Waals surface area (Å²) in [5.41, 5.74) is 8.76. The molecule has 0 spiro atoms. The third-order valence-corrected chi connectivity index (χ3v) is 5.82. The largest absolute Gasteiger partial charge is 0.492 e. The molecule has 2 aliphatic rings. The minimum atomic E-state index is 0.0178. The van der Waals surface area contributed by atoms with Crippen LogP contribution in [0, 0.1) is 5.92 Å². The number of carbonyl (C=O) groups is 1. The number of ether oxygens (including phenoxy) is 1. The van der Waals surface area contributed by atoms with Crippen LogP contribution in [-0.2, 0) is 0 Å². The molecule has 1 amide bonds. The number of hydrogen-bond donors (Lipinski definition) is 2. The first-order valence-electron chi connectivity index (χ1n) is 9.97. The van der Waals surface area contributed by atoms with Crippen molar-refractivity contribution in [3.05, 3.63) is 66.5 Å². The second kappa shape index (κ2) is 7.77. The Bertz CT molecular complexity index is 1010. The molecular formula is C22H23N5O2. The number of aromatic nitrogens is 2. The van der Waals surface area contributed by atoms with Crippen LogP contribution in [0.2, 0.25) is 0 Å². The van der Waals surface area contributed by atoms with Crippen LogP contribution < -0.4 is 15.6 Å². The molecule has 7 nitrogen and oxygen atoms in total. The highest BCUT2D eigenvalue weighted by Gasteiger charge is 2.41. The number of carbonyl (C=O) groups excluding carboxylic acids is 1. The zero-order chi connectivity index (χ0) is 19.6. The Balaban J connectivity index is 1.31. The standard InChI is InChI=1S/C22H23N5O2/c28-22(16-7-4-8-19-21(16)24-11-10-23-19)27-12-9-18-17(13-27)20(26-25-18)14-29-15-5-2-1-3-6-15/h1-8,10-11,17-18,20,25-26H,9,12-14H2. The monoisotopic (exact) mass is 389 g/mol. The van der Waals surface area contributed by atoms with Crippen molar-refractivity contribution in [2.75, 3.05) is 19.7 Å². The van der Waals surface area contributed by atoms with Crippen molar-refractivity contribution in [3.63, 3.8) is 0 Å². The van der Waals surface area contributed by atoms with E-state index in [1.807, 2.05) is 53.4 Å². The SMILES string of the molecule is O=C(c1cccc2nccnc12)N1CCC2NNC(COc3ccccc3)C2C1. The molecule has 0 aliphatic carbocycles. The normalized spacial score (nSPS) is 23.7. The van der Waals surface area contributed by atoms with Gasteiger partial charge in [-0.3, -0.25) is 25.6 Å². The van der Waals surface area contributed by atoms with E-state index in [-0.39, 0.29) is 17.9 Å². The number of para-hydroxylation sites is 2. The molecule has 0 saturated carbocycles. The van der Waals surface area contributed by atoms with E-state index in [0.717, 1.165) is 24.2 Å². The maximum atomic E-state index is 13.3. The quantitative estimate of drug-likeness (QED) is 0.711. The fourth-order valence-electron chi connectivity index (χ4n) is 4.28. The van der Waals surface area contributed by atoms with Gasteiger partial charge in [0.2, 0.25) is 0 Å². The molecule has 2 aromatic carbocycles. The van der Waals surface area contributed by atoms with Gasteiger partial charge in [-0.25, -0.2) is 0 Å². The van der Waals surface area contributed by atoms with Crippen molar-refractivity contribution in [2.45, 2.75) is 18.5 Å². The Labute approximate surface area is 169 Å². The predicted molar refractivity (Wildman–Crippen MR) is 109 cm³/mol. The molecular weight excluding hydrogens is 366 g/mol. The number of hydrogen-bond acceptors (Lipinski definition) is 6. The lowest BCUT2D eigenvalue weighted by Gasteiger charge is -2.36. The predicted octanol–water partition coefficient (Wildman–Crippen LogP) is 2.02. The number of amides is 1. The molecule has 3 heterocycles. The van der Waals surface area contributed by atoms with Gasteiger partial charge in [0.1, 0.15) is 17.9 Å². The lowest BCUT2D eigenvalue weighted by Crippen LogP contribution is -2.49. The zero-order valence-electron chi connectivity index (χ0n) is 16.0. The van der Waals surface area contributed by atoms with Crippen molar-refractivity contribution in [2.24, 2.45) is 5.92 Å². The number of piperidine rings is 1. The number of nitrogens with one attached hydrogen (secondary N) is 2. The van der Waals surface area contributed by atoms with Crippen LogP contribution in [-0.4, -0.2) is 52.6 Å². The molecule has 3 unspecified atom stereocenters. The van der Waals surface area contributed by atoms with Crippen LogP contribution in [0.3, 0.4) is 0 Å². The van der Waals surface area contributed by atoms with Gasteiger partial charge in [0.05, 0.1) is 17.1 Å². The third kappa shape index (κ3) is 3.54. The Morgan fingerprint density at radius 1 is 1.07 bits per heavy atom. The summed E-state index contributed by atoms with van der Waals surface area (Å²) in [4.78, 5) is 23.9. The van der Waals surface area contributed by atoms with Gasteiger partial charge >= 0.3 is 0 Å². The molecule has 0 radical (unpaired) electrons. The highest BCUT2D eigenvalue weighted by Crippen LogP contribution is 2.27. The summed E-state index contributed by atoms with van der Waals surface area (Å²) in [5.74, 6) is 1.16. The van der Waals surface area contributed by atoms with Crippen LogP contribution in [0.25, 0.3) is 11.0 Å². The second-order valence-corrected chi connectivity index (χ2v) is 7.56. The van der Waals surface area contributed by atoms with Crippen LogP contribution in [0.5, 0.6) is 5.75 Å². The molecule has 0 bridgehead atoms. The Hall–Kier alpha value is -3.03. The molecule has 3 atom stereocenters. The van der Waals surface area contributed by atoms with E-state index in [9.17, 15) is 4.79 Å². The first-order chi connectivity index (χ1) is 14.3. The van der Waals surface area contributed by atoms with Gasteiger partial charge in [-0.2, -0.15) is 0 Å². The number of likely N-dealkylation sites (tertiary alicyclic amines) is 1.